The molecule has 1 saturated carbocycles. The minimum absolute atomic E-state index is 0. The molecule has 134 valence electrons. The summed E-state index contributed by atoms with van der Waals surface area (Å²) in [6.07, 6.45) is 3.51. The van der Waals surface area contributed by atoms with E-state index in [1.54, 1.807) is 0 Å². The fourth-order valence-corrected chi connectivity index (χ4v) is 2.47. The van der Waals surface area contributed by atoms with Crippen LogP contribution in [0, 0.1) is 5.92 Å². The zero-order valence-corrected chi connectivity index (χ0v) is 16.7. The second kappa shape index (κ2) is 10.3. The first kappa shape index (κ1) is 19.6. The van der Waals surface area contributed by atoms with Gasteiger partial charge in [-0.3, -0.25) is 0 Å². The number of benzene rings is 2. The van der Waals surface area contributed by atoms with Gasteiger partial charge >= 0.3 is 0 Å². The zero-order valence-electron chi connectivity index (χ0n) is 14.4. The molecule has 0 amide bonds. The Morgan fingerprint density at radius 3 is 2.56 bits per heavy atom. The largest absolute Gasteiger partial charge is 0.493 e. The van der Waals surface area contributed by atoms with Gasteiger partial charge in [-0.25, -0.2) is 4.99 Å². The van der Waals surface area contributed by atoms with E-state index >= 15 is 0 Å². The number of nitrogens with one attached hydrogen (secondary N) is 1. The van der Waals surface area contributed by atoms with Crippen LogP contribution in [0.15, 0.2) is 59.6 Å². The summed E-state index contributed by atoms with van der Waals surface area (Å²) in [6.45, 7) is 2.12. The SMILES string of the molecule is I.NC(=NCc1ccccc1OCC1CC1)NCCc1ccccc1. The van der Waals surface area contributed by atoms with Crippen molar-refractivity contribution in [2.24, 2.45) is 16.6 Å². The highest BCUT2D eigenvalue weighted by Crippen LogP contribution is 2.30. The smallest absolute Gasteiger partial charge is 0.188 e. The first-order chi connectivity index (χ1) is 11.8. The van der Waals surface area contributed by atoms with Crippen molar-refractivity contribution in [2.45, 2.75) is 25.8 Å². The Kier molecular flexibility index (Phi) is 8.04. The van der Waals surface area contributed by atoms with E-state index in [0.29, 0.717) is 12.5 Å². The van der Waals surface area contributed by atoms with Gasteiger partial charge in [0.25, 0.3) is 0 Å². The molecule has 0 atom stereocenters. The maximum atomic E-state index is 5.97. The molecule has 0 radical (unpaired) electrons. The predicted molar refractivity (Wildman–Crippen MR) is 114 cm³/mol. The van der Waals surface area contributed by atoms with Crippen LogP contribution in [0.4, 0.5) is 0 Å². The standard InChI is InChI=1S/C20H25N3O.HI/c21-20(22-13-12-16-6-2-1-3-7-16)23-14-18-8-4-5-9-19(18)24-15-17-10-11-17;/h1-9,17H,10-15H2,(H3,21,22,23);1H. The normalized spacial score (nSPS) is 13.8. The molecule has 0 bridgehead atoms. The van der Waals surface area contributed by atoms with Gasteiger partial charge in [0.2, 0.25) is 0 Å². The van der Waals surface area contributed by atoms with Crippen molar-refractivity contribution in [3.63, 3.8) is 0 Å². The van der Waals surface area contributed by atoms with Crippen LogP contribution in [0.3, 0.4) is 0 Å². The third-order valence-electron chi connectivity index (χ3n) is 4.13. The summed E-state index contributed by atoms with van der Waals surface area (Å²) in [5, 5.41) is 3.17. The Hall–Kier alpha value is -1.76. The van der Waals surface area contributed by atoms with Crippen LogP contribution < -0.4 is 15.8 Å². The van der Waals surface area contributed by atoms with Crippen LogP contribution in [-0.2, 0) is 13.0 Å². The lowest BCUT2D eigenvalue weighted by atomic mass is 10.1. The van der Waals surface area contributed by atoms with Gasteiger partial charge in [-0.1, -0.05) is 48.5 Å². The van der Waals surface area contributed by atoms with Gasteiger partial charge in [0.05, 0.1) is 13.2 Å². The molecule has 0 spiro atoms. The van der Waals surface area contributed by atoms with Gasteiger partial charge in [0.15, 0.2) is 5.96 Å². The van der Waals surface area contributed by atoms with Crippen LogP contribution in [0.5, 0.6) is 5.75 Å². The van der Waals surface area contributed by atoms with E-state index in [4.69, 9.17) is 10.5 Å². The van der Waals surface area contributed by atoms with Gasteiger partial charge in [0.1, 0.15) is 5.75 Å². The number of halogens is 1. The molecular weight excluding hydrogens is 425 g/mol. The monoisotopic (exact) mass is 451 g/mol. The van der Waals surface area contributed by atoms with Gasteiger partial charge in [-0.05, 0) is 36.8 Å². The number of ether oxygens (including phenoxy) is 1. The number of rotatable bonds is 8. The lowest BCUT2D eigenvalue weighted by Crippen LogP contribution is -2.33. The van der Waals surface area contributed by atoms with Gasteiger partial charge in [-0.2, -0.15) is 0 Å². The van der Waals surface area contributed by atoms with Gasteiger partial charge in [0, 0.05) is 12.1 Å². The number of nitrogens with two attached hydrogens (primary N) is 1. The Labute approximate surface area is 166 Å². The summed E-state index contributed by atoms with van der Waals surface area (Å²) in [6, 6.07) is 18.4. The molecule has 1 aliphatic carbocycles. The number of nitrogens with zero attached hydrogens (tertiary/aromatic N) is 1. The Morgan fingerprint density at radius 1 is 1.08 bits per heavy atom. The number of hydrogen-bond acceptors (Lipinski definition) is 2. The van der Waals surface area contributed by atoms with E-state index in [9.17, 15) is 0 Å². The number of para-hydroxylation sites is 1. The van der Waals surface area contributed by atoms with Crippen LogP contribution >= 0.6 is 24.0 Å². The third kappa shape index (κ3) is 6.94. The van der Waals surface area contributed by atoms with E-state index in [1.807, 2.05) is 42.5 Å². The average molecular weight is 451 g/mol. The molecule has 2 aromatic carbocycles. The lowest BCUT2D eigenvalue weighted by molar-refractivity contribution is 0.297. The highest BCUT2D eigenvalue weighted by Gasteiger charge is 2.22. The quantitative estimate of drug-likeness (QED) is 0.365. The molecule has 0 aliphatic heterocycles. The van der Waals surface area contributed by atoms with Crippen molar-refractivity contribution in [1.29, 1.82) is 0 Å². The van der Waals surface area contributed by atoms with E-state index in [-0.39, 0.29) is 24.0 Å². The van der Waals surface area contributed by atoms with Gasteiger partial charge < -0.3 is 15.8 Å². The summed E-state index contributed by atoms with van der Waals surface area (Å²) in [7, 11) is 0. The topological polar surface area (TPSA) is 59.6 Å². The molecule has 0 unspecified atom stereocenters. The van der Waals surface area contributed by atoms with Gasteiger partial charge in [-0.15, -0.1) is 24.0 Å². The molecule has 5 heteroatoms. The molecule has 3 N–H and O–H groups in total. The molecule has 25 heavy (non-hydrogen) atoms. The van der Waals surface area contributed by atoms with Crippen molar-refractivity contribution in [3.05, 3.63) is 65.7 Å². The predicted octanol–water partition coefficient (Wildman–Crippen LogP) is 3.74. The van der Waals surface area contributed by atoms with E-state index in [1.165, 1.54) is 18.4 Å². The zero-order chi connectivity index (χ0) is 16.6. The summed E-state index contributed by atoms with van der Waals surface area (Å²) >= 11 is 0. The molecule has 0 heterocycles. The molecular formula is C20H26IN3O. The number of hydrogen-bond donors (Lipinski definition) is 2. The summed E-state index contributed by atoms with van der Waals surface area (Å²) < 4.78 is 5.90. The van der Waals surface area contributed by atoms with Crippen LogP contribution in [0.25, 0.3) is 0 Å². The first-order valence-corrected chi connectivity index (χ1v) is 8.59. The molecule has 0 saturated heterocycles. The summed E-state index contributed by atoms with van der Waals surface area (Å²) in [4.78, 5) is 4.43. The minimum Gasteiger partial charge on any atom is -0.493 e. The van der Waals surface area contributed by atoms with Crippen LogP contribution in [0.2, 0.25) is 0 Å². The molecule has 1 aliphatic rings. The Balaban J connectivity index is 0.00000225. The van der Waals surface area contributed by atoms with E-state index in [2.05, 4.69) is 22.4 Å². The fourth-order valence-electron chi connectivity index (χ4n) is 2.47. The van der Waals surface area contributed by atoms with Crippen molar-refractivity contribution in [2.75, 3.05) is 13.2 Å². The minimum atomic E-state index is 0. The summed E-state index contributed by atoms with van der Waals surface area (Å²) in [5.74, 6) is 2.14. The molecule has 4 nitrogen and oxygen atoms in total. The molecule has 0 aromatic heterocycles. The van der Waals surface area contributed by atoms with E-state index in [0.717, 1.165) is 36.8 Å². The first-order valence-electron chi connectivity index (χ1n) is 8.59. The third-order valence-corrected chi connectivity index (χ3v) is 4.13. The summed E-state index contributed by atoms with van der Waals surface area (Å²) in [5.41, 5.74) is 8.33. The maximum absolute atomic E-state index is 5.97. The number of aliphatic imine (C=N–C) groups is 1. The molecule has 2 aromatic rings. The lowest BCUT2D eigenvalue weighted by Gasteiger charge is -2.10. The molecule has 3 rings (SSSR count). The van der Waals surface area contributed by atoms with Crippen molar-refractivity contribution in [1.82, 2.24) is 5.32 Å². The van der Waals surface area contributed by atoms with E-state index < -0.39 is 0 Å². The second-order valence-electron chi connectivity index (χ2n) is 6.23. The highest BCUT2D eigenvalue weighted by atomic mass is 127. The number of guanidine groups is 1. The maximum Gasteiger partial charge on any atom is 0.188 e. The fraction of sp³-hybridized carbons (Fsp3) is 0.350. The van der Waals surface area contributed by atoms with Crippen molar-refractivity contribution >= 4 is 29.9 Å². The Morgan fingerprint density at radius 2 is 1.80 bits per heavy atom. The average Bonchev–Trinajstić information content (AvgIpc) is 3.44. The second-order valence-corrected chi connectivity index (χ2v) is 6.23. The van der Waals surface area contributed by atoms with Crippen molar-refractivity contribution in [3.8, 4) is 5.75 Å². The van der Waals surface area contributed by atoms with Crippen LogP contribution in [0.1, 0.15) is 24.0 Å². The highest BCUT2D eigenvalue weighted by molar-refractivity contribution is 14.0. The van der Waals surface area contributed by atoms with Crippen LogP contribution in [-0.4, -0.2) is 19.1 Å². The van der Waals surface area contributed by atoms with Crippen molar-refractivity contribution < 1.29 is 4.74 Å². The molecule has 1 fully saturated rings. The Bertz CT molecular complexity index is 672.